The first-order valence-electron chi connectivity index (χ1n) is 10.0. The van der Waals surface area contributed by atoms with Gasteiger partial charge in [0, 0.05) is 20.3 Å². The summed E-state index contributed by atoms with van der Waals surface area (Å²) in [5, 5.41) is 15.0. The summed E-state index contributed by atoms with van der Waals surface area (Å²) in [5.41, 5.74) is 9.44. The lowest BCUT2D eigenvalue weighted by Gasteiger charge is -2.15. The summed E-state index contributed by atoms with van der Waals surface area (Å²) >= 11 is 0. The summed E-state index contributed by atoms with van der Waals surface area (Å²) in [4.78, 5) is 25.1. The lowest BCUT2D eigenvalue weighted by molar-refractivity contribution is 0.100. The molecule has 12 nitrogen and oxygen atoms in total. The summed E-state index contributed by atoms with van der Waals surface area (Å²) < 4.78 is 9.00. The molecule has 3 heterocycles. The standard InChI is InChI=1S/C21H24N10O2/c1-11-16(12(2)31(4)28-11)26-21-23-9-14(18(22)32)20(27-21)25-15-8-6-7-13(17(15)33-5)19-24-10-30(3)29-19/h6-10H,1-5H3,(H2,22,32)(H2,23,25,26,27). The number of nitrogens with two attached hydrogens (primary N) is 1. The summed E-state index contributed by atoms with van der Waals surface area (Å²) in [7, 11) is 5.18. The van der Waals surface area contributed by atoms with Crippen molar-refractivity contribution in [2.75, 3.05) is 17.7 Å². The van der Waals surface area contributed by atoms with E-state index in [4.69, 9.17) is 10.5 Å². The Hall–Kier alpha value is -4.48. The number of primary amides is 1. The molecule has 4 aromatic rings. The molecule has 3 aromatic heterocycles. The molecule has 0 fully saturated rings. The molecule has 0 saturated carbocycles. The maximum atomic E-state index is 12.1. The minimum absolute atomic E-state index is 0.128. The van der Waals surface area contributed by atoms with Gasteiger partial charge in [-0.25, -0.2) is 9.97 Å². The Morgan fingerprint density at radius 1 is 1.12 bits per heavy atom. The first-order chi connectivity index (χ1) is 15.8. The SMILES string of the molecule is COc1c(Nc2nc(Nc3c(C)nn(C)c3C)ncc2C(N)=O)cccc1-c1ncn(C)n1. The number of ether oxygens (including phenoxy) is 1. The monoisotopic (exact) mass is 448 g/mol. The maximum Gasteiger partial charge on any atom is 0.254 e. The predicted octanol–water partition coefficient (Wildman–Crippen LogP) is 2.22. The van der Waals surface area contributed by atoms with Crippen molar-refractivity contribution in [1.29, 1.82) is 0 Å². The van der Waals surface area contributed by atoms with Crippen molar-refractivity contribution in [2.24, 2.45) is 19.8 Å². The summed E-state index contributed by atoms with van der Waals surface area (Å²) in [6.07, 6.45) is 2.97. The molecule has 0 aliphatic carbocycles. The first kappa shape index (κ1) is 21.7. The van der Waals surface area contributed by atoms with Crippen LogP contribution >= 0.6 is 0 Å². The molecule has 0 unspecified atom stereocenters. The highest BCUT2D eigenvalue weighted by molar-refractivity contribution is 5.98. The highest BCUT2D eigenvalue weighted by Gasteiger charge is 2.19. The Labute approximate surface area is 189 Å². The minimum Gasteiger partial charge on any atom is -0.494 e. The van der Waals surface area contributed by atoms with Crippen molar-refractivity contribution >= 4 is 29.0 Å². The van der Waals surface area contributed by atoms with E-state index in [0.29, 0.717) is 22.8 Å². The number of benzene rings is 1. The second-order valence-electron chi connectivity index (χ2n) is 7.37. The van der Waals surface area contributed by atoms with Gasteiger partial charge in [-0.05, 0) is 26.0 Å². The average molecular weight is 448 g/mol. The molecule has 170 valence electrons. The van der Waals surface area contributed by atoms with Gasteiger partial charge >= 0.3 is 0 Å². The summed E-state index contributed by atoms with van der Waals surface area (Å²) in [5.74, 6) is 0.832. The van der Waals surface area contributed by atoms with E-state index in [1.165, 1.54) is 6.20 Å². The molecule has 0 spiro atoms. The van der Waals surface area contributed by atoms with Crippen molar-refractivity contribution < 1.29 is 9.53 Å². The van der Waals surface area contributed by atoms with E-state index in [-0.39, 0.29) is 17.3 Å². The van der Waals surface area contributed by atoms with E-state index in [1.54, 1.807) is 35.9 Å². The van der Waals surface area contributed by atoms with Gasteiger partial charge < -0.3 is 21.1 Å². The third kappa shape index (κ3) is 4.18. The van der Waals surface area contributed by atoms with Gasteiger partial charge in [0.2, 0.25) is 5.95 Å². The zero-order valence-electron chi connectivity index (χ0n) is 18.9. The van der Waals surface area contributed by atoms with Gasteiger partial charge in [-0.2, -0.15) is 15.2 Å². The number of hydrogen-bond donors (Lipinski definition) is 3. The third-order valence-corrected chi connectivity index (χ3v) is 5.11. The number of nitrogens with zero attached hydrogens (tertiary/aromatic N) is 7. The highest BCUT2D eigenvalue weighted by atomic mass is 16.5. The average Bonchev–Trinajstić information content (AvgIpc) is 3.31. The van der Waals surface area contributed by atoms with Gasteiger partial charge in [-0.1, -0.05) is 6.07 Å². The van der Waals surface area contributed by atoms with Crippen molar-refractivity contribution in [2.45, 2.75) is 13.8 Å². The molecule has 12 heteroatoms. The Bertz CT molecular complexity index is 1340. The van der Waals surface area contributed by atoms with Crippen molar-refractivity contribution in [3.05, 3.63) is 47.7 Å². The fraction of sp³-hybridized carbons (Fsp3) is 0.238. The number of carbonyl (C=O) groups excluding carboxylic acids is 1. The fourth-order valence-corrected chi connectivity index (χ4v) is 3.41. The van der Waals surface area contributed by atoms with Gasteiger partial charge in [0.15, 0.2) is 11.6 Å². The smallest absolute Gasteiger partial charge is 0.254 e. The first-order valence-corrected chi connectivity index (χ1v) is 10.0. The van der Waals surface area contributed by atoms with Gasteiger partial charge in [-0.3, -0.25) is 14.2 Å². The molecule has 0 aliphatic heterocycles. The number of anilines is 4. The summed E-state index contributed by atoms with van der Waals surface area (Å²) in [6.45, 7) is 3.82. The van der Waals surface area contributed by atoms with Crippen LogP contribution in [0.4, 0.5) is 23.1 Å². The van der Waals surface area contributed by atoms with E-state index in [9.17, 15) is 4.79 Å². The van der Waals surface area contributed by atoms with Gasteiger partial charge in [0.1, 0.15) is 17.7 Å². The lowest BCUT2D eigenvalue weighted by atomic mass is 10.1. The number of methoxy groups -OCH3 is 1. The number of hydrogen-bond acceptors (Lipinski definition) is 9. The topological polar surface area (TPSA) is 151 Å². The molecule has 1 amide bonds. The van der Waals surface area contributed by atoms with Crippen LogP contribution in [0.5, 0.6) is 5.75 Å². The molecule has 0 atom stereocenters. The number of rotatable bonds is 7. The normalized spacial score (nSPS) is 10.8. The molecule has 0 bridgehead atoms. The number of nitrogens with one attached hydrogen (secondary N) is 2. The molecule has 4 N–H and O–H groups in total. The van der Waals surface area contributed by atoms with E-state index in [1.807, 2.05) is 33.0 Å². The van der Waals surface area contributed by atoms with Crippen LogP contribution < -0.4 is 21.1 Å². The van der Waals surface area contributed by atoms with E-state index >= 15 is 0 Å². The van der Waals surface area contributed by atoms with Crippen LogP contribution in [0.15, 0.2) is 30.7 Å². The number of para-hydroxylation sites is 1. The van der Waals surface area contributed by atoms with Gasteiger partial charge in [-0.15, -0.1) is 0 Å². The van der Waals surface area contributed by atoms with Crippen LogP contribution in [0.3, 0.4) is 0 Å². The predicted molar refractivity (Wildman–Crippen MR) is 123 cm³/mol. The van der Waals surface area contributed by atoms with Gasteiger partial charge in [0.05, 0.1) is 35.4 Å². The highest BCUT2D eigenvalue weighted by Crippen LogP contribution is 2.36. The van der Waals surface area contributed by atoms with Crippen LogP contribution in [-0.2, 0) is 14.1 Å². The van der Waals surface area contributed by atoms with Crippen LogP contribution in [-0.4, -0.2) is 47.5 Å². The molecule has 33 heavy (non-hydrogen) atoms. The molecule has 0 radical (unpaired) electrons. The second-order valence-corrected chi connectivity index (χ2v) is 7.37. The Kier molecular flexibility index (Phi) is 5.65. The zero-order valence-corrected chi connectivity index (χ0v) is 18.9. The Morgan fingerprint density at radius 2 is 1.91 bits per heavy atom. The zero-order chi connectivity index (χ0) is 23.7. The van der Waals surface area contributed by atoms with Crippen LogP contribution in [0.2, 0.25) is 0 Å². The van der Waals surface area contributed by atoms with Gasteiger partial charge in [0.25, 0.3) is 5.91 Å². The molecule has 1 aromatic carbocycles. The number of amides is 1. The largest absolute Gasteiger partial charge is 0.494 e. The number of aromatic nitrogens is 7. The quantitative estimate of drug-likeness (QED) is 0.386. The third-order valence-electron chi connectivity index (χ3n) is 5.11. The van der Waals surface area contributed by atoms with E-state index in [2.05, 4.69) is 35.8 Å². The molecular weight excluding hydrogens is 424 g/mol. The lowest BCUT2D eigenvalue weighted by Crippen LogP contribution is -2.16. The molecule has 0 aliphatic rings. The minimum atomic E-state index is -0.667. The van der Waals surface area contributed by atoms with Crippen LogP contribution in [0.25, 0.3) is 11.4 Å². The van der Waals surface area contributed by atoms with E-state index < -0.39 is 5.91 Å². The number of carbonyl (C=O) groups is 1. The molecular formula is C21H24N10O2. The molecule has 0 saturated heterocycles. The molecule has 4 rings (SSSR count). The Balaban J connectivity index is 1.74. The summed E-state index contributed by atoms with van der Waals surface area (Å²) in [6, 6.07) is 5.46. The van der Waals surface area contributed by atoms with Crippen molar-refractivity contribution in [3.8, 4) is 17.1 Å². The fourth-order valence-electron chi connectivity index (χ4n) is 3.41. The van der Waals surface area contributed by atoms with Crippen LogP contribution in [0.1, 0.15) is 21.7 Å². The Morgan fingerprint density at radius 3 is 2.52 bits per heavy atom. The second kappa shape index (κ2) is 8.57. The maximum absolute atomic E-state index is 12.1. The number of aryl methyl sites for hydroxylation is 3. The van der Waals surface area contributed by atoms with E-state index in [0.717, 1.165) is 17.1 Å². The van der Waals surface area contributed by atoms with Crippen LogP contribution in [0, 0.1) is 13.8 Å². The van der Waals surface area contributed by atoms with Crippen molar-refractivity contribution in [1.82, 2.24) is 34.5 Å². The van der Waals surface area contributed by atoms with Crippen molar-refractivity contribution in [3.63, 3.8) is 0 Å².